The predicted molar refractivity (Wildman–Crippen MR) is 89.7 cm³/mol. The number of benzene rings is 1. The van der Waals surface area contributed by atoms with Gasteiger partial charge in [-0.1, -0.05) is 31.5 Å². The third kappa shape index (κ3) is 4.93. The molecule has 0 N–H and O–H groups in total. The van der Waals surface area contributed by atoms with Crippen LogP contribution in [-0.4, -0.2) is 24.2 Å². The van der Waals surface area contributed by atoms with Crippen LogP contribution in [-0.2, 0) is 9.53 Å². The Balaban J connectivity index is 1.86. The lowest BCUT2D eigenvalue weighted by atomic mass is 9.89. The fourth-order valence-electron chi connectivity index (χ4n) is 2.31. The number of esters is 1. The minimum atomic E-state index is -0.553. The molecule has 0 saturated carbocycles. The molecule has 1 heterocycles. The largest absolute Gasteiger partial charge is 0.490 e. The van der Waals surface area contributed by atoms with Crippen LogP contribution in [0.15, 0.2) is 42.7 Å². The summed E-state index contributed by atoms with van der Waals surface area (Å²) < 4.78 is 23.9. The highest BCUT2D eigenvalue weighted by molar-refractivity contribution is 6.30. The van der Waals surface area contributed by atoms with Gasteiger partial charge in [0, 0.05) is 18.5 Å². The van der Waals surface area contributed by atoms with Crippen LogP contribution in [0.5, 0.6) is 5.75 Å². The van der Waals surface area contributed by atoms with Crippen LogP contribution in [0.3, 0.4) is 0 Å². The number of carbonyl (C=O) groups is 1. The molecular weight excluding hydrogens is 333 g/mol. The third-order valence-electron chi connectivity index (χ3n) is 3.45. The van der Waals surface area contributed by atoms with Gasteiger partial charge in [-0.25, -0.2) is 4.39 Å². The van der Waals surface area contributed by atoms with Gasteiger partial charge in [0.2, 0.25) is 0 Å². The molecule has 0 aliphatic carbocycles. The van der Waals surface area contributed by atoms with Crippen molar-refractivity contribution < 1.29 is 18.7 Å². The van der Waals surface area contributed by atoms with E-state index in [0.29, 0.717) is 5.75 Å². The lowest BCUT2D eigenvalue weighted by molar-refractivity contribution is -0.147. The van der Waals surface area contributed by atoms with E-state index >= 15 is 0 Å². The van der Waals surface area contributed by atoms with E-state index in [0.717, 1.165) is 5.56 Å². The Hall–Kier alpha value is -2.14. The van der Waals surface area contributed by atoms with Gasteiger partial charge in [0.15, 0.2) is 0 Å². The number of hydrogen-bond acceptors (Lipinski definition) is 4. The molecule has 1 atom stereocenters. The van der Waals surface area contributed by atoms with Crippen molar-refractivity contribution in [2.24, 2.45) is 5.92 Å². The van der Waals surface area contributed by atoms with E-state index in [1.165, 1.54) is 12.1 Å². The molecule has 1 aromatic carbocycles. The van der Waals surface area contributed by atoms with Gasteiger partial charge in [-0.2, -0.15) is 0 Å². The molecule has 2 rings (SSSR count). The number of ether oxygens (including phenoxy) is 2. The van der Waals surface area contributed by atoms with Crippen molar-refractivity contribution in [3.63, 3.8) is 0 Å². The lowest BCUT2D eigenvalue weighted by Gasteiger charge is -2.19. The first-order chi connectivity index (χ1) is 11.5. The highest BCUT2D eigenvalue weighted by Gasteiger charge is 2.25. The number of rotatable bonds is 7. The number of pyridine rings is 1. The second-order valence-electron chi connectivity index (χ2n) is 5.60. The predicted octanol–water partition coefficient (Wildman–Crippen LogP) is 4.24. The summed E-state index contributed by atoms with van der Waals surface area (Å²) in [6.07, 6.45) is 3.32. The molecule has 128 valence electrons. The van der Waals surface area contributed by atoms with Gasteiger partial charge in [0.1, 0.15) is 24.8 Å². The number of halogens is 2. The Labute approximate surface area is 145 Å². The van der Waals surface area contributed by atoms with E-state index in [2.05, 4.69) is 4.98 Å². The van der Waals surface area contributed by atoms with Gasteiger partial charge in [0.25, 0.3) is 0 Å². The fraction of sp³-hybridized carbons (Fsp3) is 0.333. The summed E-state index contributed by atoms with van der Waals surface area (Å²) in [5.41, 5.74) is 0.818. The Morgan fingerprint density at radius 2 is 2.08 bits per heavy atom. The highest BCUT2D eigenvalue weighted by atomic mass is 35.5. The van der Waals surface area contributed by atoms with E-state index in [1.54, 1.807) is 24.5 Å². The minimum absolute atomic E-state index is 0.0324. The zero-order valence-electron chi connectivity index (χ0n) is 13.5. The normalized spacial score (nSPS) is 12.0. The van der Waals surface area contributed by atoms with Crippen molar-refractivity contribution in [1.82, 2.24) is 4.98 Å². The molecule has 0 saturated heterocycles. The summed E-state index contributed by atoms with van der Waals surface area (Å²) in [6, 6.07) is 7.80. The molecule has 1 aromatic heterocycles. The third-order valence-corrected chi connectivity index (χ3v) is 3.76. The molecule has 2 aromatic rings. The van der Waals surface area contributed by atoms with Crippen molar-refractivity contribution in [3.8, 4) is 5.75 Å². The first-order valence-electron chi connectivity index (χ1n) is 7.63. The summed E-state index contributed by atoms with van der Waals surface area (Å²) in [5.74, 6) is -0.855. The lowest BCUT2D eigenvalue weighted by Crippen LogP contribution is -2.23. The summed E-state index contributed by atoms with van der Waals surface area (Å²) in [7, 11) is 0. The molecule has 0 amide bonds. The number of aromatic nitrogens is 1. The van der Waals surface area contributed by atoms with Gasteiger partial charge in [0.05, 0.1) is 10.9 Å². The Kier molecular flexibility index (Phi) is 6.55. The van der Waals surface area contributed by atoms with Crippen LogP contribution >= 0.6 is 11.6 Å². The summed E-state index contributed by atoms with van der Waals surface area (Å²) in [6.45, 7) is 4.11. The number of carbonyl (C=O) groups excluding carboxylic acids is 1. The second-order valence-corrected chi connectivity index (χ2v) is 6.01. The van der Waals surface area contributed by atoms with Crippen LogP contribution < -0.4 is 4.74 Å². The standard InChI is InChI=1S/C18H19ClFNO3/c1-12(2)17(13-4-3-7-21-11-13)18(22)24-9-8-23-14-5-6-15(19)16(20)10-14/h3-7,10-12,17H,8-9H2,1-2H3. The van der Waals surface area contributed by atoms with Crippen molar-refractivity contribution in [2.45, 2.75) is 19.8 Å². The molecule has 0 aliphatic heterocycles. The van der Waals surface area contributed by atoms with Gasteiger partial charge in [-0.05, 0) is 29.7 Å². The van der Waals surface area contributed by atoms with E-state index < -0.39 is 5.82 Å². The van der Waals surface area contributed by atoms with Gasteiger partial charge in [-0.15, -0.1) is 0 Å². The summed E-state index contributed by atoms with van der Waals surface area (Å²) in [5, 5.41) is 0.0324. The van der Waals surface area contributed by atoms with E-state index in [9.17, 15) is 9.18 Å². The monoisotopic (exact) mass is 351 g/mol. The molecule has 4 nitrogen and oxygen atoms in total. The average Bonchev–Trinajstić information content (AvgIpc) is 2.55. The maximum absolute atomic E-state index is 13.3. The molecule has 6 heteroatoms. The number of hydrogen-bond donors (Lipinski definition) is 0. The molecule has 1 unspecified atom stereocenters. The number of nitrogens with zero attached hydrogens (tertiary/aromatic N) is 1. The first-order valence-corrected chi connectivity index (χ1v) is 8.01. The van der Waals surface area contributed by atoms with Gasteiger partial charge >= 0.3 is 5.97 Å². The smallest absolute Gasteiger partial charge is 0.313 e. The van der Waals surface area contributed by atoms with Crippen LogP contribution in [0.2, 0.25) is 5.02 Å². The van der Waals surface area contributed by atoms with Crippen molar-refractivity contribution in [2.75, 3.05) is 13.2 Å². The quantitative estimate of drug-likeness (QED) is 0.553. The molecule has 0 fully saturated rings. The van der Waals surface area contributed by atoms with E-state index in [1.807, 2.05) is 19.9 Å². The average molecular weight is 352 g/mol. The van der Waals surface area contributed by atoms with Crippen LogP contribution in [0.1, 0.15) is 25.3 Å². The SMILES string of the molecule is CC(C)C(C(=O)OCCOc1ccc(Cl)c(F)c1)c1cccnc1. The zero-order chi connectivity index (χ0) is 17.5. The van der Waals surface area contributed by atoms with Crippen molar-refractivity contribution in [1.29, 1.82) is 0 Å². The maximum atomic E-state index is 13.3. The second kappa shape index (κ2) is 8.64. The fourth-order valence-corrected chi connectivity index (χ4v) is 2.43. The van der Waals surface area contributed by atoms with Crippen molar-refractivity contribution >= 4 is 17.6 Å². The van der Waals surface area contributed by atoms with Gasteiger partial charge in [-0.3, -0.25) is 9.78 Å². The molecular formula is C18H19ClFNO3. The Bertz CT molecular complexity index is 679. The van der Waals surface area contributed by atoms with E-state index in [-0.39, 0.29) is 36.0 Å². The molecule has 0 aliphatic rings. The van der Waals surface area contributed by atoms with Crippen LogP contribution in [0.25, 0.3) is 0 Å². The first kappa shape index (κ1) is 18.2. The van der Waals surface area contributed by atoms with Gasteiger partial charge < -0.3 is 9.47 Å². The topological polar surface area (TPSA) is 48.4 Å². The minimum Gasteiger partial charge on any atom is -0.490 e. The molecule has 0 spiro atoms. The van der Waals surface area contributed by atoms with E-state index in [4.69, 9.17) is 21.1 Å². The molecule has 0 bridgehead atoms. The Morgan fingerprint density at radius 1 is 1.29 bits per heavy atom. The molecule has 0 radical (unpaired) electrons. The summed E-state index contributed by atoms with van der Waals surface area (Å²) >= 11 is 5.60. The van der Waals surface area contributed by atoms with Crippen LogP contribution in [0.4, 0.5) is 4.39 Å². The zero-order valence-corrected chi connectivity index (χ0v) is 14.3. The van der Waals surface area contributed by atoms with Crippen molar-refractivity contribution in [3.05, 3.63) is 59.1 Å². The molecule has 24 heavy (non-hydrogen) atoms. The summed E-state index contributed by atoms with van der Waals surface area (Å²) in [4.78, 5) is 16.4. The maximum Gasteiger partial charge on any atom is 0.313 e. The van der Waals surface area contributed by atoms with Crippen LogP contribution in [0, 0.1) is 11.7 Å². The Morgan fingerprint density at radius 3 is 2.71 bits per heavy atom. The highest BCUT2D eigenvalue weighted by Crippen LogP contribution is 2.25.